The molecule has 1 aliphatic heterocycles. The quantitative estimate of drug-likeness (QED) is 0.924. The third-order valence-corrected chi connectivity index (χ3v) is 4.80. The molecule has 0 radical (unpaired) electrons. The van der Waals surface area contributed by atoms with Gasteiger partial charge in [0.15, 0.2) is 5.79 Å². The van der Waals surface area contributed by atoms with Gasteiger partial charge in [-0.25, -0.2) is 0 Å². The molecule has 3 heteroatoms. The monoisotopic (exact) mass is 289 g/mol. The van der Waals surface area contributed by atoms with Gasteiger partial charge in [-0.15, -0.1) is 0 Å². The molecule has 1 aliphatic carbocycles. The number of rotatable bonds is 3. The molecule has 0 amide bonds. The zero-order chi connectivity index (χ0) is 15.1. The zero-order valence-electron chi connectivity index (χ0n) is 13.6. The Balaban J connectivity index is 1.71. The molecule has 2 atom stereocenters. The van der Waals surface area contributed by atoms with E-state index in [1.54, 1.807) is 0 Å². The molecule has 2 unspecified atom stereocenters. The molecular weight excluding hydrogens is 262 g/mol. The summed E-state index contributed by atoms with van der Waals surface area (Å²) < 4.78 is 11.6. The molecular formula is C18H27NO2. The Hall–Kier alpha value is -0.900. The fourth-order valence-electron chi connectivity index (χ4n) is 3.56. The maximum atomic E-state index is 5.91. The van der Waals surface area contributed by atoms with Gasteiger partial charge in [-0.1, -0.05) is 38.1 Å². The third-order valence-electron chi connectivity index (χ3n) is 4.80. The number of benzene rings is 1. The van der Waals surface area contributed by atoms with Crippen LogP contribution < -0.4 is 5.32 Å². The van der Waals surface area contributed by atoms with E-state index in [1.807, 2.05) is 13.8 Å². The molecule has 1 aromatic rings. The molecule has 3 nitrogen and oxygen atoms in total. The number of hydrogen-bond donors (Lipinski definition) is 1. The SMILES string of the molecule is CC1(C)OCC(CNC2c3ccccc3CCC2(C)C)O1. The number of fused-ring (bicyclic) bond motifs is 1. The summed E-state index contributed by atoms with van der Waals surface area (Å²) in [6.45, 7) is 10.2. The van der Waals surface area contributed by atoms with E-state index in [0.717, 1.165) is 6.54 Å². The summed E-state index contributed by atoms with van der Waals surface area (Å²) in [4.78, 5) is 0. The van der Waals surface area contributed by atoms with Crippen molar-refractivity contribution in [2.24, 2.45) is 5.41 Å². The van der Waals surface area contributed by atoms with Gasteiger partial charge >= 0.3 is 0 Å². The highest BCUT2D eigenvalue weighted by Gasteiger charge is 2.37. The Labute approximate surface area is 128 Å². The smallest absolute Gasteiger partial charge is 0.163 e. The van der Waals surface area contributed by atoms with Crippen LogP contribution in [0.3, 0.4) is 0 Å². The largest absolute Gasteiger partial charge is 0.348 e. The predicted molar refractivity (Wildman–Crippen MR) is 84.2 cm³/mol. The first kappa shape index (κ1) is 15.0. The molecule has 1 heterocycles. The van der Waals surface area contributed by atoms with Gasteiger partial charge in [-0.3, -0.25) is 0 Å². The van der Waals surface area contributed by atoms with E-state index in [1.165, 1.54) is 24.0 Å². The molecule has 0 spiro atoms. The van der Waals surface area contributed by atoms with Crippen molar-refractivity contribution in [2.75, 3.05) is 13.2 Å². The normalized spacial score (nSPS) is 30.1. The van der Waals surface area contributed by atoms with Crippen LogP contribution in [0.25, 0.3) is 0 Å². The Morgan fingerprint density at radius 3 is 2.67 bits per heavy atom. The molecule has 0 saturated carbocycles. The first-order valence-electron chi connectivity index (χ1n) is 8.00. The van der Waals surface area contributed by atoms with Crippen LogP contribution in [0.5, 0.6) is 0 Å². The molecule has 0 bridgehead atoms. The van der Waals surface area contributed by atoms with Crippen LogP contribution >= 0.6 is 0 Å². The standard InChI is InChI=1S/C18H27NO2/c1-17(2)10-9-13-7-5-6-8-15(13)16(17)19-11-14-12-20-18(3,4)21-14/h5-8,14,16,19H,9-12H2,1-4H3. The lowest BCUT2D eigenvalue weighted by Gasteiger charge is -2.41. The molecule has 1 aromatic carbocycles. The van der Waals surface area contributed by atoms with Gasteiger partial charge in [0, 0.05) is 12.6 Å². The van der Waals surface area contributed by atoms with Crippen molar-refractivity contribution in [1.29, 1.82) is 0 Å². The Morgan fingerprint density at radius 1 is 1.19 bits per heavy atom. The lowest BCUT2D eigenvalue weighted by molar-refractivity contribution is -0.138. The van der Waals surface area contributed by atoms with Gasteiger partial charge in [0.05, 0.1) is 12.7 Å². The summed E-state index contributed by atoms with van der Waals surface area (Å²) in [6, 6.07) is 9.20. The van der Waals surface area contributed by atoms with Crippen LogP contribution in [0.1, 0.15) is 51.3 Å². The molecule has 21 heavy (non-hydrogen) atoms. The van der Waals surface area contributed by atoms with Crippen molar-refractivity contribution in [1.82, 2.24) is 5.32 Å². The molecule has 1 fully saturated rings. The van der Waals surface area contributed by atoms with Crippen LogP contribution in [0.2, 0.25) is 0 Å². The first-order chi connectivity index (χ1) is 9.87. The van der Waals surface area contributed by atoms with E-state index in [4.69, 9.17) is 9.47 Å². The fraction of sp³-hybridized carbons (Fsp3) is 0.667. The number of ether oxygens (including phenoxy) is 2. The Morgan fingerprint density at radius 2 is 1.95 bits per heavy atom. The minimum Gasteiger partial charge on any atom is -0.348 e. The zero-order valence-corrected chi connectivity index (χ0v) is 13.6. The highest BCUT2D eigenvalue weighted by atomic mass is 16.7. The number of aryl methyl sites for hydroxylation is 1. The van der Waals surface area contributed by atoms with E-state index in [2.05, 4.69) is 43.4 Å². The second-order valence-electron chi connectivity index (χ2n) is 7.48. The van der Waals surface area contributed by atoms with Crippen LogP contribution in [-0.2, 0) is 15.9 Å². The summed E-state index contributed by atoms with van der Waals surface area (Å²) in [5.74, 6) is -0.438. The van der Waals surface area contributed by atoms with Crippen LogP contribution in [0.4, 0.5) is 0 Å². The fourth-order valence-corrected chi connectivity index (χ4v) is 3.56. The topological polar surface area (TPSA) is 30.5 Å². The van der Waals surface area contributed by atoms with E-state index >= 15 is 0 Å². The molecule has 3 rings (SSSR count). The minimum atomic E-state index is -0.438. The average Bonchev–Trinajstić information content (AvgIpc) is 2.77. The number of nitrogens with one attached hydrogen (secondary N) is 1. The lowest BCUT2D eigenvalue weighted by atomic mass is 9.70. The van der Waals surface area contributed by atoms with E-state index in [9.17, 15) is 0 Å². The average molecular weight is 289 g/mol. The summed E-state index contributed by atoms with van der Waals surface area (Å²) >= 11 is 0. The third kappa shape index (κ3) is 3.15. The first-order valence-corrected chi connectivity index (χ1v) is 8.00. The summed E-state index contributed by atoms with van der Waals surface area (Å²) in [5.41, 5.74) is 3.20. The second kappa shape index (κ2) is 5.38. The minimum absolute atomic E-state index is 0.143. The van der Waals surface area contributed by atoms with Gasteiger partial charge in [0.2, 0.25) is 0 Å². The van der Waals surface area contributed by atoms with Crippen molar-refractivity contribution in [3.05, 3.63) is 35.4 Å². The van der Waals surface area contributed by atoms with Crippen molar-refractivity contribution in [2.45, 2.75) is 58.5 Å². The van der Waals surface area contributed by atoms with Gasteiger partial charge < -0.3 is 14.8 Å². The highest BCUT2D eigenvalue weighted by Crippen LogP contribution is 2.43. The van der Waals surface area contributed by atoms with Crippen molar-refractivity contribution in [3.63, 3.8) is 0 Å². The van der Waals surface area contributed by atoms with E-state index in [-0.39, 0.29) is 11.5 Å². The van der Waals surface area contributed by atoms with Crippen molar-refractivity contribution >= 4 is 0 Å². The van der Waals surface area contributed by atoms with Crippen LogP contribution in [0.15, 0.2) is 24.3 Å². The second-order valence-corrected chi connectivity index (χ2v) is 7.48. The van der Waals surface area contributed by atoms with Gasteiger partial charge in [-0.2, -0.15) is 0 Å². The lowest BCUT2D eigenvalue weighted by Crippen LogP contribution is -2.42. The van der Waals surface area contributed by atoms with E-state index in [0.29, 0.717) is 12.6 Å². The maximum Gasteiger partial charge on any atom is 0.163 e. The Bertz CT molecular complexity index is 510. The predicted octanol–water partition coefficient (Wildman–Crippen LogP) is 3.44. The van der Waals surface area contributed by atoms with Crippen molar-refractivity contribution < 1.29 is 9.47 Å². The van der Waals surface area contributed by atoms with E-state index < -0.39 is 5.79 Å². The summed E-state index contributed by atoms with van der Waals surface area (Å²) in [7, 11) is 0. The highest BCUT2D eigenvalue weighted by molar-refractivity contribution is 5.34. The molecule has 2 aliphatic rings. The maximum absolute atomic E-state index is 5.91. The summed E-state index contributed by atoms with van der Waals surface area (Å²) in [5, 5.41) is 3.74. The van der Waals surface area contributed by atoms with Gasteiger partial charge in [-0.05, 0) is 43.2 Å². The van der Waals surface area contributed by atoms with Crippen molar-refractivity contribution in [3.8, 4) is 0 Å². The number of hydrogen-bond acceptors (Lipinski definition) is 3. The summed E-state index contributed by atoms with van der Waals surface area (Å²) in [6.07, 6.45) is 2.54. The molecule has 1 N–H and O–H groups in total. The van der Waals surface area contributed by atoms with Gasteiger partial charge in [0.1, 0.15) is 0 Å². The van der Waals surface area contributed by atoms with Crippen LogP contribution in [-0.4, -0.2) is 25.0 Å². The Kier molecular flexibility index (Phi) is 3.85. The van der Waals surface area contributed by atoms with Gasteiger partial charge in [0.25, 0.3) is 0 Å². The molecule has 0 aromatic heterocycles. The van der Waals surface area contributed by atoms with Crippen LogP contribution in [0, 0.1) is 5.41 Å². The molecule has 1 saturated heterocycles. The molecule has 116 valence electrons.